The zero-order valence-corrected chi connectivity index (χ0v) is 77.9. The van der Waals surface area contributed by atoms with Crippen molar-refractivity contribution in [1.29, 1.82) is 0 Å². The molecule has 36 nitrogen and oxygen atoms in total. The number of hydrogen-bond acceptors (Lipinski definition) is 24. The van der Waals surface area contributed by atoms with Gasteiger partial charge < -0.3 is 41.2 Å². The molecule has 36 heteroatoms. The highest BCUT2D eigenvalue weighted by atomic mass is 16.2. The highest BCUT2D eigenvalue weighted by Crippen LogP contribution is 2.40. The van der Waals surface area contributed by atoms with E-state index in [1.807, 2.05) is 229 Å². The van der Waals surface area contributed by atoms with Gasteiger partial charge in [-0.25, -0.2) is 39.9 Å². The van der Waals surface area contributed by atoms with E-state index in [-0.39, 0.29) is 41.4 Å². The summed E-state index contributed by atoms with van der Waals surface area (Å²) in [5.41, 5.74) is 28.8. The number of pyridine rings is 12. The lowest BCUT2D eigenvalue weighted by Gasteiger charge is -2.09. The van der Waals surface area contributed by atoms with Crippen molar-refractivity contribution >= 4 is 135 Å². The van der Waals surface area contributed by atoms with Crippen LogP contribution in [0.15, 0.2) is 293 Å². The van der Waals surface area contributed by atoms with Crippen LogP contribution in [0, 0.1) is 17.8 Å². The Balaban J connectivity index is 0.000000110. The average molecular weight is 1900 g/mol. The second-order valence-corrected chi connectivity index (χ2v) is 35.1. The fraction of sp³-hybridized carbons (Fsp3) is 0.111. The molecule has 1 aliphatic carbocycles. The first-order chi connectivity index (χ1) is 70.5. The molecule has 0 spiro atoms. The number of amides is 4. The first kappa shape index (κ1) is 89.5. The van der Waals surface area contributed by atoms with Gasteiger partial charge in [0.2, 0.25) is 23.6 Å². The van der Waals surface area contributed by atoms with Gasteiger partial charge in [-0.15, -0.1) is 0 Å². The van der Waals surface area contributed by atoms with Gasteiger partial charge in [0.25, 0.3) is 0 Å². The lowest BCUT2D eigenvalue weighted by Crippen LogP contribution is -2.17. The van der Waals surface area contributed by atoms with E-state index in [0.29, 0.717) is 81.5 Å². The molecule has 1 saturated carbocycles. The molecule has 24 aromatic rings. The number of fused-ring (bicyclic) bond motifs is 8. The number of rotatable bonds is 21. The third-order valence-corrected chi connectivity index (χ3v) is 24.2. The lowest BCUT2D eigenvalue weighted by atomic mass is 10.1. The summed E-state index contributed by atoms with van der Waals surface area (Å²) in [5.74, 6) is 2.82. The molecule has 0 atom stereocenters. The summed E-state index contributed by atoms with van der Waals surface area (Å²) in [6.07, 6.45) is 30.4. The average Bonchev–Trinajstić information content (AvgIpc) is 1.62. The van der Waals surface area contributed by atoms with Gasteiger partial charge in [-0.05, 0) is 140 Å². The van der Waals surface area contributed by atoms with Crippen LogP contribution in [-0.2, 0) is 19.2 Å². The van der Waals surface area contributed by atoms with Crippen molar-refractivity contribution in [1.82, 2.24) is 140 Å². The van der Waals surface area contributed by atoms with Crippen molar-refractivity contribution in [2.24, 2.45) is 17.8 Å². The van der Waals surface area contributed by atoms with Crippen LogP contribution in [0.4, 0.5) is 22.7 Å². The maximum Gasteiger partial charge on any atom is 0.227 e. The van der Waals surface area contributed by atoms with Crippen LogP contribution >= 0.6 is 0 Å². The number of benzene rings is 4. The molecule has 0 bridgehead atoms. The molecule has 144 heavy (non-hydrogen) atoms. The zero-order valence-electron chi connectivity index (χ0n) is 77.9. The molecule has 0 saturated heterocycles. The van der Waals surface area contributed by atoms with E-state index in [2.05, 4.69) is 142 Å². The third-order valence-electron chi connectivity index (χ3n) is 24.2. The third kappa shape index (κ3) is 18.8. The summed E-state index contributed by atoms with van der Waals surface area (Å²) < 4.78 is 0. The number of aromatic nitrogens is 28. The Labute approximate surface area is 817 Å². The smallest absolute Gasteiger partial charge is 0.227 e. The second-order valence-electron chi connectivity index (χ2n) is 35.1. The Morgan fingerprint density at radius 3 is 0.889 bits per heavy atom. The van der Waals surface area contributed by atoms with Crippen LogP contribution < -0.4 is 21.3 Å². The standard InChI is InChI=1S/C28H24N8O.C27H20N8O.C27H22N8O.C26H20N8O/c1-16(2)10-24(37)32-19-11-17(13-29-15-19)18-12-21-26(35-36-27(21)31-14-18)28-33-23-8-5-6-20(25(23)34-28)22-7-3-4-9-30-22;36-27(15-7-8-15)31-18-10-16(12-28-14-18)17-11-20-24(34-35-25(20)30-13-17)26-32-22-6-3-4-19(23(22)33-26)21-5-1-2-9-29-21;1-15(2)27(36)31-18-10-16(12-28-14-18)17-11-20-24(34-35-25(20)30-13-17)26-32-22-8-5-6-19(23(22)33-26)21-7-3-4-9-29-21;1-2-22(35)30-17-10-15(12-27-14-17)16-11-19-24(33-34-25(19)29-13-16)26-31-21-8-5-6-18(23(21)32-26)20-7-3-4-9-28-20/h3-9,11-16H,10H2,1-2H3,(H,32,37)(H,33,34)(H,31,35,36);1-6,9-15H,7-8H2,(H,31,36)(H,32,33)(H,30,34,35);3-15H,1-2H3,(H,31,36)(H,32,33)(H,30,34,35);3-14H,2H2,1H3,(H,30,35)(H,31,32)(H,29,33,34). The summed E-state index contributed by atoms with van der Waals surface area (Å²) in [6.45, 7) is 9.53. The van der Waals surface area contributed by atoms with Crippen LogP contribution in [-0.4, -0.2) is 164 Å². The minimum absolute atomic E-state index is 0.0328. The first-order valence-electron chi connectivity index (χ1n) is 46.6. The zero-order chi connectivity index (χ0) is 97.8. The van der Waals surface area contributed by atoms with Crippen LogP contribution in [0.3, 0.4) is 0 Å². The molecule has 0 radical (unpaired) electrons. The highest BCUT2D eigenvalue weighted by Gasteiger charge is 2.30. The van der Waals surface area contributed by atoms with Gasteiger partial charge in [0.15, 0.2) is 45.9 Å². The van der Waals surface area contributed by atoms with Gasteiger partial charge in [0.1, 0.15) is 22.8 Å². The van der Waals surface area contributed by atoms with Crippen molar-refractivity contribution in [3.05, 3.63) is 293 Å². The number of hydrogen-bond donors (Lipinski definition) is 12. The molecule has 1 aliphatic rings. The summed E-state index contributed by atoms with van der Waals surface area (Å²) in [4.78, 5) is 135. The molecule has 25 rings (SSSR count). The molecular formula is C108H86N32O4. The molecule has 12 N–H and O–H groups in total. The van der Waals surface area contributed by atoms with E-state index in [1.54, 1.807) is 99.1 Å². The fourth-order valence-corrected chi connectivity index (χ4v) is 16.8. The molecule has 0 unspecified atom stereocenters. The van der Waals surface area contributed by atoms with Gasteiger partial charge in [-0.1, -0.05) is 107 Å². The number of imidazole rings is 4. The number of aromatic amines is 8. The van der Waals surface area contributed by atoms with Gasteiger partial charge in [0, 0.05) is 166 Å². The van der Waals surface area contributed by atoms with Crippen LogP contribution in [0.2, 0.25) is 0 Å². The van der Waals surface area contributed by atoms with E-state index in [4.69, 9.17) is 19.9 Å². The summed E-state index contributed by atoms with van der Waals surface area (Å²) in [5, 5.41) is 44.8. The predicted molar refractivity (Wildman–Crippen MR) is 554 cm³/mol. The van der Waals surface area contributed by atoms with Crippen LogP contribution in [0.25, 0.3) is 224 Å². The summed E-state index contributed by atoms with van der Waals surface area (Å²) in [7, 11) is 0. The molecule has 4 aromatic carbocycles. The Morgan fingerprint density at radius 2 is 0.611 bits per heavy atom. The fourth-order valence-electron chi connectivity index (χ4n) is 16.8. The van der Waals surface area contributed by atoms with Crippen molar-refractivity contribution < 1.29 is 19.2 Å². The Kier molecular flexibility index (Phi) is 24.3. The van der Waals surface area contributed by atoms with Crippen molar-refractivity contribution in [2.45, 2.75) is 60.3 Å². The predicted octanol–water partition coefficient (Wildman–Crippen LogP) is 20.8. The maximum absolute atomic E-state index is 12.2. The van der Waals surface area contributed by atoms with Gasteiger partial charge in [-0.3, -0.25) is 79.4 Å². The molecular weight excluding hydrogens is 1810 g/mol. The van der Waals surface area contributed by atoms with E-state index in [1.165, 1.54) is 0 Å². The Morgan fingerprint density at radius 1 is 0.319 bits per heavy atom. The Bertz CT molecular complexity index is 8700. The normalized spacial score (nSPS) is 11.9. The maximum atomic E-state index is 12.2. The number of carbonyl (C=O) groups is 4. The first-order valence-corrected chi connectivity index (χ1v) is 46.6. The van der Waals surface area contributed by atoms with Crippen LogP contribution in [0.1, 0.15) is 60.3 Å². The van der Waals surface area contributed by atoms with E-state index >= 15 is 0 Å². The largest absolute Gasteiger partial charge is 0.337 e. The van der Waals surface area contributed by atoms with E-state index in [0.717, 1.165) is 191 Å². The van der Waals surface area contributed by atoms with E-state index in [9.17, 15) is 19.2 Å². The molecule has 1 fully saturated rings. The lowest BCUT2D eigenvalue weighted by molar-refractivity contribution is -0.119. The highest BCUT2D eigenvalue weighted by molar-refractivity contribution is 6.04. The van der Waals surface area contributed by atoms with Crippen molar-refractivity contribution in [3.8, 4) is 136 Å². The van der Waals surface area contributed by atoms with Gasteiger partial charge in [0.05, 0.1) is 136 Å². The number of H-pyrrole nitrogens is 8. The van der Waals surface area contributed by atoms with E-state index < -0.39 is 0 Å². The summed E-state index contributed by atoms with van der Waals surface area (Å²) >= 11 is 0. The van der Waals surface area contributed by atoms with Crippen molar-refractivity contribution in [2.75, 3.05) is 21.3 Å². The number of carbonyl (C=O) groups excluding carboxylic acids is 4. The minimum Gasteiger partial charge on any atom is -0.337 e. The quantitative estimate of drug-likeness (QED) is 0.0318. The monoisotopic (exact) mass is 1890 g/mol. The molecule has 20 aromatic heterocycles. The molecule has 20 heterocycles. The Hall–Kier alpha value is -19.7. The molecule has 702 valence electrons. The second kappa shape index (κ2) is 39.1. The topological polar surface area (TPSA) is 501 Å². The summed E-state index contributed by atoms with van der Waals surface area (Å²) in [6, 6.07) is 62.8. The molecule has 4 amide bonds. The minimum atomic E-state index is -0.123. The van der Waals surface area contributed by atoms with Gasteiger partial charge >= 0.3 is 0 Å². The number of para-hydroxylation sites is 4. The molecule has 0 aliphatic heterocycles. The number of nitrogens with zero attached hydrogens (tertiary/aromatic N) is 20. The number of anilines is 4. The number of nitrogens with one attached hydrogen (secondary N) is 12. The van der Waals surface area contributed by atoms with Gasteiger partial charge in [-0.2, -0.15) is 20.4 Å². The SMILES string of the molecule is CC(C)C(=O)Nc1cncc(-c2cnc3n[nH]c(-c4nc5c(-c6ccccn6)cccc5[nH]4)c3c2)c1.CC(C)CC(=O)Nc1cncc(-c2cnc3n[nH]c(-c4nc5c(-c6ccccn6)cccc5[nH]4)c3c2)c1.CCC(=O)Nc1cncc(-c2cnc3n[nH]c(-c4nc5c(-c6ccccn6)cccc5[nH]4)c3c2)c1.O=C(Nc1cncc(-c2cnc3n[nH]c(-c4nc5c(-c6ccccn6)cccc5[nH]4)c3c2)c1)C1CC1. The van der Waals surface area contributed by atoms with Crippen molar-refractivity contribution in [3.63, 3.8) is 0 Å². The van der Waals surface area contributed by atoms with Crippen LogP contribution in [0.5, 0.6) is 0 Å².